The van der Waals surface area contributed by atoms with Crippen LogP contribution in [-0.2, 0) is 0 Å². The molecular weight excluding hydrogens is 789 g/mol. The van der Waals surface area contributed by atoms with Crippen LogP contribution in [0.1, 0.15) is 0 Å². The van der Waals surface area contributed by atoms with Crippen molar-refractivity contribution < 1.29 is 14.2 Å². The second-order valence-electron chi connectivity index (χ2n) is 15.4. The van der Waals surface area contributed by atoms with Crippen molar-refractivity contribution in [1.82, 2.24) is 4.57 Å². The average Bonchev–Trinajstić information content (AvgIpc) is 3.69. The Balaban J connectivity index is 1.20. The van der Waals surface area contributed by atoms with E-state index in [0.29, 0.717) is 0 Å². The third kappa shape index (κ3) is 7.60. The summed E-state index contributed by atoms with van der Waals surface area (Å²) in [5, 5.41) is 2.24. The Kier molecular flexibility index (Phi) is 10.9. The van der Waals surface area contributed by atoms with Gasteiger partial charge in [0.1, 0.15) is 17.2 Å². The Morgan fingerprint density at radius 1 is 0.281 bits per heavy atom. The van der Waals surface area contributed by atoms with Crippen molar-refractivity contribution in [3.8, 4) is 22.9 Å². The van der Waals surface area contributed by atoms with Gasteiger partial charge in [-0.05, 0) is 164 Å². The average molecular weight is 835 g/mol. The molecule has 0 spiro atoms. The van der Waals surface area contributed by atoms with Crippen molar-refractivity contribution >= 4 is 73.0 Å². The maximum absolute atomic E-state index is 5.56. The number of fused-ring (bicyclic) bond motifs is 3. The first-order valence-electron chi connectivity index (χ1n) is 21.3. The predicted molar refractivity (Wildman–Crippen MR) is 264 cm³/mol. The van der Waals surface area contributed by atoms with Gasteiger partial charge in [-0.15, -0.1) is 0 Å². The summed E-state index contributed by atoms with van der Waals surface area (Å²) < 4.78 is 19.0. The monoisotopic (exact) mass is 834 g/mol. The van der Waals surface area contributed by atoms with Crippen molar-refractivity contribution in [3.05, 3.63) is 224 Å². The number of aromatic nitrogens is 1. The van der Waals surface area contributed by atoms with E-state index >= 15 is 0 Å². The molecule has 0 atom stereocenters. The summed E-state index contributed by atoms with van der Waals surface area (Å²) in [6.45, 7) is 0. The summed E-state index contributed by atoms with van der Waals surface area (Å²) in [5.74, 6) is 2.43. The lowest BCUT2D eigenvalue weighted by Crippen LogP contribution is -2.10. The molecule has 0 saturated carbocycles. The molecule has 7 heteroatoms. The van der Waals surface area contributed by atoms with Crippen LogP contribution in [0.3, 0.4) is 0 Å². The lowest BCUT2D eigenvalue weighted by molar-refractivity contribution is 0.414. The summed E-state index contributed by atoms with van der Waals surface area (Å²) in [7, 11) is 5.09. The summed E-state index contributed by atoms with van der Waals surface area (Å²) in [6.07, 6.45) is 0. The van der Waals surface area contributed by atoms with E-state index in [4.69, 9.17) is 14.2 Å². The van der Waals surface area contributed by atoms with E-state index in [1.807, 2.05) is 42.5 Å². The molecule has 0 aliphatic rings. The van der Waals surface area contributed by atoms with Crippen LogP contribution in [0.4, 0.5) is 51.2 Å². The van der Waals surface area contributed by atoms with Gasteiger partial charge in [-0.2, -0.15) is 0 Å². The van der Waals surface area contributed by atoms with Crippen LogP contribution < -0.4 is 28.9 Å². The molecule has 0 fully saturated rings. The summed E-state index contributed by atoms with van der Waals surface area (Å²) in [6, 6.07) is 78.6. The first kappa shape index (κ1) is 39.7. The number of anilines is 9. The topological polar surface area (TPSA) is 42.3 Å². The Hall–Kier alpha value is -8.42. The molecule has 0 saturated heterocycles. The summed E-state index contributed by atoms with van der Waals surface area (Å²) in [5.41, 5.74) is 12.6. The molecule has 10 aromatic rings. The quantitative estimate of drug-likeness (QED) is 0.115. The number of ether oxygens (including phenoxy) is 3. The van der Waals surface area contributed by atoms with Crippen LogP contribution in [0.15, 0.2) is 224 Å². The highest BCUT2D eigenvalue weighted by Crippen LogP contribution is 2.44. The molecule has 64 heavy (non-hydrogen) atoms. The van der Waals surface area contributed by atoms with Crippen LogP contribution in [0, 0.1) is 0 Å². The molecule has 9 aromatic carbocycles. The highest BCUT2D eigenvalue weighted by atomic mass is 16.5. The Morgan fingerprint density at radius 2 is 0.578 bits per heavy atom. The van der Waals surface area contributed by atoms with E-state index in [1.54, 1.807) is 21.3 Å². The van der Waals surface area contributed by atoms with Crippen molar-refractivity contribution in [1.29, 1.82) is 0 Å². The van der Waals surface area contributed by atoms with Crippen LogP contribution >= 0.6 is 0 Å². The molecule has 312 valence electrons. The second kappa shape index (κ2) is 17.5. The first-order valence-corrected chi connectivity index (χ1v) is 21.3. The lowest BCUT2D eigenvalue weighted by Gasteiger charge is -2.26. The van der Waals surface area contributed by atoms with Crippen molar-refractivity contribution in [2.75, 3.05) is 36.0 Å². The molecule has 0 N–H and O–H groups in total. The highest BCUT2D eigenvalue weighted by molar-refractivity contribution is 6.12. The maximum Gasteiger partial charge on any atom is 0.119 e. The highest BCUT2D eigenvalue weighted by Gasteiger charge is 2.21. The molecule has 1 heterocycles. The number of para-hydroxylation sites is 3. The zero-order chi connectivity index (χ0) is 43.4. The van der Waals surface area contributed by atoms with E-state index < -0.39 is 0 Å². The van der Waals surface area contributed by atoms with Crippen molar-refractivity contribution in [3.63, 3.8) is 0 Å². The van der Waals surface area contributed by atoms with Crippen LogP contribution in [0.25, 0.3) is 27.5 Å². The van der Waals surface area contributed by atoms with E-state index in [1.165, 1.54) is 0 Å². The van der Waals surface area contributed by atoms with Gasteiger partial charge in [0, 0.05) is 67.6 Å². The number of methoxy groups -OCH3 is 3. The molecule has 0 aliphatic heterocycles. The van der Waals surface area contributed by atoms with E-state index in [0.717, 1.165) is 95.9 Å². The number of nitrogens with zero attached hydrogens (tertiary/aromatic N) is 4. The van der Waals surface area contributed by atoms with E-state index in [2.05, 4.69) is 201 Å². The van der Waals surface area contributed by atoms with E-state index in [-0.39, 0.29) is 0 Å². The standard InChI is InChI=1S/C57H46N4O3/c1-62-51-30-22-44(23-31-51)58(41-14-7-4-8-15-41)47-20-13-21-48(38-47)61-56-36-28-49(59(42-16-9-5-10-17-42)45-24-32-52(63-2)33-25-45)39-54(56)55-40-50(29-37-57(55)61)60(43-18-11-6-12-19-43)46-26-34-53(64-3)35-27-46/h4-40H,1-3H3. The molecule has 0 amide bonds. The number of hydrogen-bond acceptors (Lipinski definition) is 6. The molecule has 7 nitrogen and oxygen atoms in total. The van der Waals surface area contributed by atoms with Gasteiger partial charge in [0.2, 0.25) is 0 Å². The van der Waals surface area contributed by atoms with Gasteiger partial charge < -0.3 is 33.5 Å². The molecule has 1 aromatic heterocycles. The fourth-order valence-corrected chi connectivity index (χ4v) is 8.59. The Morgan fingerprint density at radius 3 is 0.922 bits per heavy atom. The first-order chi connectivity index (χ1) is 31.6. The fourth-order valence-electron chi connectivity index (χ4n) is 8.59. The van der Waals surface area contributed by atoms with Gasteiger partial charge in [-0.1, -0.05) is 60.7 Å². The molecule has 0 bridgehead atoms. The largest absolute Gasteiger partial charge is 0.497 e. The van der Waals surface area contributed by atoms with Gasteiger partial charge in [0.25, 0.3) is 0 Å². The zero-order valence-corrected chi connectivity index (χ0v) is 35.9. The van der Waals surface area contributed by atoms with Crippen LogP contribution in [0.5, 0.6) is 17.2 Å². The van der Waals surface area contributed by atoms with Crippen LogP contribution in [-0.4, -0.2) is 25.9 Å². The SMILES string of the molecule is COc1ccc(N(c2ccccc2)c2cccc(-n3c4ccc(N(c5ccccc5)c5ccc(OC)cc5)cc4c4cc(N(c5ccccc5)c5ccc(OC)cc5)ccc43)c2)cc1. The molecule has 0 radical (unpaired) electrons. The van der Waals surface area contributed by atoms with Gasteiger partial charge >= 0.3 is 0 Å². The Bertz CT molecular complexity index is 3010. The third-order valence-corrected chi connectivity index (χ3v) is 11.6. The summed E-state index contributed by atoms with van der Waals surface area (Å²) >= 11 is 0. The third-order valence-electron chi connectivity index (χ3n) is 11.6. The van der Waals surface area contributed by atoms with Crippen molar-refractivity contribution in [2.45, 2.75) is 0 Å². The number of benzene rings is 9. The molecular formula is C57H46N4O3. The smallest absolute Gasteiger partial charge is 0.119 e. The minimum Gasteiger partial charge on any atom is -0.497 e. The lowest BCUT2D eigenvalue weighted by atomic mass is 10.1. The van der Waals surface area contributed by atoms with E-state index in [9.17, 15) is 0 Å². The minimum absolute atomic E-state index is 0.808. The normalized spacial score (nSPS) is 11.0. The molecule has 10 rings (SSSR count). The Labute approximate surface area is 373 Å². The fraction of sp³-hybridized carbons (Fsp3) is 0.0526. The molecule has 0 unspecified atom stereocenters. The predicted octanol–water partition coefficient (Wildman–Crippen LogP) is 15.2. The van der Waals surface area contributed by atoms with Gasteiger partial charge in [0.05, 0.1) is 32.4 Å². The number of hydrogen-bond donors (Lipinski definition) is 0. The van der Waals surface area contributed by atoms with Gasteiger partial charge in [-0.25, -0.2) is 0 Å². The van der Waals surface area contributed by atoms with Gasteiger partial charge in [-0.3, -0.25) is 0 Å². The molecule has 0 aliphatic carbocycles. The van der Waals surface area contributed by atoms with Crippen molar-refractivity contribution in [2.24, 2.45) is 0 Å². The maximum atomic E-state index is 5.56. The summed E-state index contributed by atoms with van der Waals surface area (Å²) in [4.78, 5) is 6.88. The number of rotatable bonds is 13. The van der Waals surface area contributed by atoms with Crippen LogP contribution in [0.2, 0.25) is 0 Å². The minimum atomic E-state index is 0.808. The van der Waals surface area contributed by atoms with Gasteiger partial charge in [0.15, 0.2) is 0 Å². The second-order valence-corrected chi connectivity index (χ2v) is 15.4. The zero-order valence-electron chi connectivity index (χ0n) is 35.9.